The predicted octanol–water partition coefficient (Wildman–Crippen LogP) is 0.806. The van der Waals surface area contributed by atoms with E-state index in [1.807, 2.05) is 13.8 Å². The molecule has 0 rings (SSSR count). The number of carbonyl (C=O) groups excluding carboxylic acids is 2. The zero-order valence-corrected chi connectivity index (χ0v) is 9.81. The standard InChI is InChI=1S/C9H17NO3S/c1-6(5-8(11)13-4)14-7(2)9(12)10-3/h6-7H,5H2,1-4H3,(H,10,12). The summed E-state index contributed by atoms with van der Waals surface area (Å²) in [5.41, 5.74) is 0. The van der Waals surface area contributed by atoms with E-state index in [1.54, 1.807) is 7.05 Å². The summed E-state index contributed by atoms with van der Waals surface area (Å²) in [4.78, 5) is 22.1. The molecule has 4 nitrogen and oxygen atoms in total. The third-order valence-electron chi connectivity index (χ3n) is 1.73. The van der Waals surface area contributed by atoms with Crippen LogP contribution in [0, 0.1) is 0 Å². The van der Waals surface area contributed by atoms with Crippen molar-refractivity contribution in [3.8, 4) is 0 Å². The van der Waals surface area contributed by atoms with Gasteiger partial charge in [-0.15, -0.1) is 11.8 Å². The van der Waals surface area contributed by atoms with E-state index in [4.69, 9.17) is 0 Å². The summed E-state index contributed by atoms with van der Waals surface area (Å²) < 4.78 is 4.54. The van der Waals surface area contributed by atoms with Gasteiger partial charge in [0, 0.05) is 12.3 Å². The summed E-state index contributed by atoms with van der Waals surface area (Å²) in [5, 5.41) is 2.51. The Morgan fingerprint density at radius 1 is 1.43 bits per heavy atom. The molecule has 0 aromatic carbocycles. The van der Waals surface area contributed by atoms with E-state index in [0.29, 0.717) is 6.42 Å². The molecule has 82 valence electrons. The van der Waals surface area contributed by atoms with Crippen LogP contribution < -0.4 is 5.32 Å². The van der Waals surface area contributed by atoms with Gasteiger partial charge in [0.25, 0.3) is 0 Å². The fraction of sp³-hybridized carbons (Fsp3) is 0.778. The molecule has 0 spiro atoms. The molecule has 0 saturated heterocycles. The average molecular weight is 219 g/mol. The van der Waals surface area contributed by atoms with Gasteiger partial charge in [-0.2, -0.15) is 0 Å². The monoisotopic (exact) mass is 219 g/mol. The first-order valence-corrected chi connectivity index (χ1v) is 5.39. The predicted molar refractivity (Wildman–Crippen MR) is 57.2 cm³/mol. The number of rotatable bonds is 5. The molecule has 0 fully saturated rings. The number of nitrogens with one attached hydrogen (secondary N) is 1. The molecule has 0 bridgehead atoms. The number of hydrogen-bond acceptors (Lipinski definition) is 4. The number of hydrogen-bond donors (Lipinski definition) is 1. The quantitative estimate of drug-likeness (QED) is 0.695. The number of amides is 1. The van der Waals surface area contributed by atoms with Gasteiger partial charge in [-0.3, -0.25) is 9.59 Å². The molecule has 0 aromatic heterocycles. The number of carbonyl (C=O) groups is 2. The Bertz CT molecular complexity index is 208. The molecule has 5 heteroatoms. The highest BCUT2D eigenvalue weighted by atomic mass is 32.2. The molecule has 0 heterocycles. The summed E-state index contributed by atoms with van der Waals surface area (Å²) >= 11 is 1.46. The molecule has 2 unspecified atom stereocenters. The first-order chi connectivity index (χ1) is 6.51. The minimum atomic E-state index is -0.242. The Morgan fingerprint density at radius 3 is 2.43 bits per heavy atom. The second-order valence-corrected chi connectivity index (χ2v) is 4.77. The van der Waals surface area contributed by atoms with E-state index < -0.39 is 0 Å². The van der Waals surface area contributed by atoms with Crippen molar-refractivity contribution in [1.29, 1.82) is 0 Å². The maximum atomic E-state index is 11.2. The molecular formula is C9H17NO3S. The highest BCUT2D eigenvalue weighted by molar-refractivity contribution is 8.01. The maximum absolute atomic E-state index is 11.2. The van der Waals surface area contributed by atoms with Crippen LogP contribution in [0.15, 0.2) is 0 Å². The van der Waals surface area contributed by atoms with E-state index in [2.05, 4.69) is 10.1 Å². The van der Waals surface area contributed by atoms with Crippen LogP contribution in [-0.2, 0) is 14.3 Å². The van der Waals surface area contributed by atoms with Gasteiger partial charge in [-0.25, -0.2) is 0 Å². The topological polar surface area (TPSA) is 55.4 Å². The van der Waals surface area contributed by atoms with Crippen LogP contribution in [0.25, 0.3) is 0 Å². The Morgan fingerprint density at radius 2 is 2.00 bits per heavy atom. The number of ether oxygens (including phenoxy) is 1. The SMILES string of the molecule is CNC(=O)C(C)SC(C)CC(=O)OC. The smallest absolute Gasteiger partial charge is 0.306 e. The van der Waals surface area contributed by atoms with Gasteiger partial charge in [0.15, 0.2) is 0 Å². The lowest BCUT2D eigenvalue weighted by Crippen LogP contribution is -2.28. The maximum Gasteiger partial charge on any atom is 0.306 e. The number of esters is 1. The third kappa shape index (κ3) is 5.11. The zero-order valence-electron chi connectivity index (χ0n) is 8.99. The van der Waals surface area contributed by atoms with E-state index >= 15 is 0 Å². The van der Waals surface area contributed by atoms with E-state index in [9.17, 15) is 9.59 Å². The molecule has 0 aliphatic heterocycles. The molecule has 2 atom stereocenters. The van der Waals surface area contributed by atoms with Crippen LogP contribution in [0.1, 0.15) is 20.3 Å². The van der Waals surface area contributed by atoms with Gasteiger partial charge in [-0.05, 0) is 6.92 Å². The fourth-order valence-corrected chi connectivity index (χ4v) is 2.15. The summed E-state index contributed by atoms with van der Waals surface area (Å²) in [6, 6.07) is 0. The number of methoxy groups -OCH3 is 1. The molecule has 1 amide bonds. The average Bonchev–Trinajstić information content (AvgIpc) is 2.15. The summed E-state index contributed by atoms with van der Waals surface area (Å²) in [6.45, 7) is 3.72. The highest BCUT2D eigenvalue weighted by Crippen LogP contribution is 2.20. The van der Waals surface area contributed by atoms with Gasteiger partial charge in [0.1, 0.15) is 0 Å². The lowest BCUT2D eigenvalue weighted by Gasteiger charge is -2.14. The zero-order chi connectivity index (χ0) is 11.1. The fourth-order valence-electron chi connectivity index (χ4n) is 0.980. The van der Waals surface area contributed by atoms with Crippen LogP contribution in [0.3, 0.4) is 0 Å². The van der Waals surface area contributed by atoms with Gasteiger partial charge in [-0.1, -0.05) is 6.92 Å². The largest absolute Gasteiger partial charge is 0.469 e. The van der Waals surface area contributed by atoms with Crippen molar-refractivity contribution >= 4 is 23.6 Å². The molecular weight excluding hydrogens is 202 g/mol. The Hall–Kier alpha value is -0.710. The normalized spacial score (nSPS) is 14.3. The number of thioether (sulfide) groups is 1. The Labute approximate surface area is 88.8 Å². The van der Waals surface area contributed by atoms with Crippen LogP contribution in [0.4, 0.5) is 0 Å². The van der Waals surface area contributed by atoms with Crippen molar-refractivity contribution in [2.24, 2.45) is 0 Å². The molecule has 0 aliphatic rings. The minimum absolute atomic E-state index is 0.0216. The second-order valence-electron chi connectivity index (χ2n) is 2.98. The first-order valence-electron chi connectivity index (χ1n) is 4.45. The van der Waals surface area contributed by atoms with Crippen molar-refractivity contribution in [2.45, 2.75) is 30.8 Å². The third-order valence-corrected chi connectivity index (χ3v) is 2.99. The van der Waals surface area contributed by atoms with E-state index in [-0.39, 0.29) is 22.4 Å². The molecule has 14 heavy (non-hydrogen) atoms. The first kappa shape index (κ1) is 13.3. The van der Waals surface area contributed by atoms with Crippen molar-refractivity contribution in [2.75, 3.05) is 14.2 Å². The Kier molecular flexibility index (Phi) is 6.36. The van der Waals surface area contributed by atoms with Crippen LogP contribution in [0.5, 0.6) is 0 Å². The van der Waals surface area contributed by atoms with Crippen molar-refractivity contribution in [3.05, 3.63) is 0 Å². The lowest BCUT2D eigenvalue weighted by molar-refractivity contribution is -0.140. The van der Waals surface area contributed by atoms with Gasteiger partial charge < -0.3 is 10.1 Å². The molecule has 0 saturated carbocycles. The van der Waals surface area contributed by atoms with Crippen LogP contribution in [0.2, 0.25) is 0 Å². The molecule has 0 aromatic rings. The molecule has 0 radical (unpaired) electrons. The Balaban J connectivity index is 3.87. The van der Waals surface area contributed by atoms with E-state index in [1.165, 1.54) is 18.9 Å². The van der Waals surface area contributed by atoms with Crippen molar-refractivity contribution in [3.63, 3.8) is 0 Å². The van der Waals surface area contributed by atoms with E-state index in [0.717, 1.165) is 0 Å². The van der Waals surface area contributed by atoms with Gasteiger partial charge in [0.05, 0.1) is 18.8 Å². The molecule has 1 N–H and O–H groups in total. The van der Waals surface area contributed by atoms with Crippen LogP contribution in [-0.4, -0.2) is 36.5 Å². The summed E-state index contributed by atoms with van der Waals surface area (Å²) in [5.74, 6) is -0.263. The molecule has 0 aliphatic carbocycles. The minimum Gasteiger partial charge on any atom is -0.469 e. The van der Waals surface area contributed by atoms with Crippen molar-refractivity contribution < 1.29 is 14.3 Å². The highest BCUT2D eigenvalue weighted by Gasteiger charge is 2.17. The van der Waals surface area contributed by atoms with Crippen molar-refractivity contribution in [1.82, 2.24) is 5.32 Å². The van der Waals surface area contributed by atoms with Gasteiger partial charge >= 0.3 is 5.97 Å². The summed E-state index contributed by atoms with van der Waals surface area (Å²) in [6.07, 6.45) is 0.336. The second kappa shape index (κ2) is 6.70. The van der Waals surface area contributed by atoms with Gasteiger partial charge in [0.2, 0.25) is 5.91 Å². The van der Waals surface area contributed by atoms with Crippen LogP contribution >= 0.6 is 11.8 Å². The lowest BCUT2D eigenvalue weighted by atomic mass is 10.3. The summed E-state index contributed by atoms with van der Waals surface area (Å²) in [7, 11) is 2.96.